The van der Waals surface area contributed by atoms with E-state index >= 15 is 0 Å². The summed E-state index contributed by atoms with van der Waals surface area (Å²) in [7, 11) is 0. The number of benzene rings is 1. The molecule has 0 aliphatic heterocycles. The Labute approximate surface area is 123 Å². The smallest absolute Gasteiger partial charge is 0.00683 e. The summed E-state index contributed by atoms with van der Waals surface area (Å²) in [6.45, 7) is 1.25. The van der Waals surface area contributed by atoms with Crippen LogP contribution in [0.3, 0.4) is 0 Å². The molecule has 0 heterocycles. The molecule has 1 N–H and O–H groups in total. The molecule has 0 spiro atoms. The van der Waals surface area contributed by atoms with Gasteiger partial charge >= 0.3 is 0 Å². The Kier molecular flexibility index (Phi) is 3.56. The zero-order valence-corrected chi connectivity index (χ0v) is 12.5. The van der Waals surface area contributed by atoms with E-state index in [9.17, 15) is 0 Å². The largest absolute Gasteiger partial charge is 0.314 e. The van der Waals surface area contributed by atoms with Gasteiger partial charge in [-0.1, -0.05) is 37.1 Å². The SMILES string of the molecule is c1cc(C2CCC2)cc(C2CCCC2CNC2CC2)c1. The fourth-order valence-electron chi connectivity index (χ4n) is 4.11. The molecule has 3 fully saturated rings. The molecule has 0 saturated heterocycles. The first kappa shape index (κ1) is 12.9. The Hall–Kier alpha value is -0.820. The van der Waals surface area contributed by atoms with Crippen LogP contribution in [0.5, 0.6) is 0 Å². The minimum atomic E-state index is 0.821. The lowest BCUT2D eigenvalue weighted by atomic mass is 9.78. The zero-order chi connectivity index (χ0) is 13.4. The minimum Gasteiger partial charge on any atom is -0.314 e. The maximum absolute atomic E-state index is 3.76. The fraction of sp³-hybridized carbons (Fsp3) is 0.684. The number of nitrogens with one attached hydrogen (secondary N) is 1. The molecule has 1 aromatic carbocycles. The van der Waals surface area contributed by atoms with Crippen LogP contribution in [0.25, 0.3) is 0 Å². The summed E-state index contributed by atoms with van der Waals surface area (Å²) in [6.07, 6.45) is 11.4. The van der Waals surface area contributed by atoms with Gasteiger partial charge in [0.2, 0.25) is 0 Å². The average Bonchev–Trinajstić information content (AvgIpc) is 3.12. The number of hydrogen-bond acceptors (Lipinski definition) is 1. The van der Waals surface area contributed by atoms with Crippen LogP contribution in [-0.2, 0) is 0 Å². The third-order valence-corrected chi connectivity index (χ3v) is 5.82. The second-order valence-electron chi connectivity index (χ2n) is 7.28. The van der Waals surface area contributed by atoms with Gasteiger partial charge in [0.15, 0.2) is 0 Å². The highest BCUT2D eigenvalue weighted by atomic mass is 14.9. The van der Waals surface area contributed by atoms with Crippen LogP contribution in [0.4, 0.5) is 0 Å². The average molecular weight is 269 g/mol. The highest BCUT2D eigenvalue weighted by Crippen LogP contribution is 2.42. The first-order chi connectivity index (χ1) is 9.90. The molecule has 0 aromatic heterocycles. The predicted molar refractivity (Wildman–Crippen MR) is 84.1 cm³/mol. The van der Waals surface area contributed by atoms with Crippen molar-refractivity contribution in [2.45, 2.75) is 69.2 Å². The van der Waals surface area contributed by atoms with E-state index in [0.29, 0.717) is 0 Å². The number of hydrogen-bond donors (Lipinski definition) is 1. The molecule has 4 rings (SSSR count). The van der Waals surface area contributed by atoms with Gasteiger partial charge in [-0.15, -0.1) is 0 Å². The minimum absolute atomic E-state index is 0.821. The van der Waals surface area contributed by atoms with E-state index in [1.54, 1.807) is 11.1 Å². The second kappa shape index (κ2) is 5.52. The molecule has 1 heteroatoms. The van der Waals surface area contributed by atoms with Gasteiger partial charge in [0.05, 0.1) is 0 Å². The fourth-order valence-corrected chi connectivity index (χ4v) is 4.11. The summed E-state index contributed by atoms with van der Waals surface area (Å²) < 4.78 is 0. The van der Waals surface area contributed by atoms with Crippen molar-refractivity contribution in [1.82, 2.24) is 5.32 Å². The molecule has 3 aliphatic rings. The third-order valence-electron chi connectivity index (χ3n) is 5.82. The van der Waals surface area contributed by atoms with Crippen molar-refractivity contribution in [1.29, 1.82) is 0 Å². The second-order valence-corrected chi connectivity index (χ2v) is 7.28. The van der Waals surface area contributed by atoms with E-state index in [0.717, 1.165) is 23.8 Å². The van der Waals surface area contributed by atoms with E-state index in [2.05, 4.69) is 29.6 Å². The monoisotopic (exact) mass is 269 g/mol. The maximum Gasteiger partial charge on any atom is 0.00683 e. The van der Waals surface area contributed by atoms with Gasteiger partial charge in [-0.25, -0.2) is 0 Å². The van der Waals surface area contributed by atoms with Crippen LogP contribution < -0.4 is 5.32 Å². The van der Waals surface area contributed by atoms with Crippen LogP contribution in [0.1, 0.15) is 74.3 Å². The van der Waals surface area contributed by atoms with E-state index in [1.165, 1.54) is 57.9 Å². The molecule has 1 nitrogen and oxygen atoms in total. The lowest BCUT2D eigenvalue weighted by molar-refractivity contribution is 0.417. The van der Waals surface area contributed by atoms with Crippen LogP contribution in [-0.4, -0.2) is 12.6 Å². The van der Waals surface area contributed by atoms with Crippen molar-refractivity contribution in [3.8, 4) is 0 Å². The summed E-state index contributed by atoms with van der Waals surface area (Å²) in [4.78, 5) is 0. The van der Waals surface area contributed by atoms with Crippen molar-refractivity contribution in [2.24, 2.45) is 5.92 Å². The molecule has 108 valence electrons. The van der Waals surface area contributed by atoms with Gasteiger partial charge in [0, 0.05) is 6.04 Å². The lowest BCUT2D eigenvalue weighted by Crippen LogP contribution is -2.26. The summed E-state index contributed by atoms with van der Waals surface area (Å²) in [5.41, 5.74) is 3.25. The van der Waals surface area contributed by atoms with E-state index in [1.807, 2.05) is 0 Å². The summed E-state index contributed by atoms with van der Waals surface area (Å²) >= 11 is 0. The molecule has 1 aromatic rings. The van der Waals surface area contributed by atoms with Crippen molar-refractivity contribution >= 4 is 0 Å². The van der Waals surface area contributed by atoms with Crippen LogP contribution in [0.15, 0.2) is 24.3 Å². The highest BCUT2D eigenvalue weighted by molar-refractivity contribution is 5.31. The van der Waals surface area contributed by atoms with Gasteiger partial charge < -0.3 is 5.32 Å². The van der Waals surface area contributed by atoms with Crippen molar-refractivity contribution in [3.63, 3.8) is 0 Å². The zero-order valence-electron chi connectivity index (χ0n) is 12.5. The molecular weight excluding hydrogens is 242 g/mol. The van der Waals surface area contributed by atoms with Crippen molar-refractivity contribution < 1.29 is 0 Å². The van der Waals surface area contributed by atoms with E-state index < -0.39 is 0 Å². The van der Waals surface area contributed by atoms with Gasteiger partial charge in [-0.2, -0.15) is 0 Å². The molecule has 2 atom stereocenters. The van der Waals surface area contributed by atoms with Gasteiger partial charge in [-0.05, 0) is 74.0 Å². The maximum atomic E-state index is 3.76. The molecule has 0 amide bonds. The molecule has 20 heavy (non-hydrogen) atoms. The Bertz CT molecular complexity index is 459. The van der Waals surface area contributed by atoms with Crippen LogP contribution in [0.2, 0.25) is 0 Å². The predicted octanol–water partition coefficient (Wildman–Crippen LogP) is 4.59. The third kappa shape index (κ3) is 2.65. The highest BCUT2D eigenvalue weighted by Gasteiger charge is 2.31. The summed E-state index contributed by atoms with van der Waals surface area (Å²) in [5, 5.41) is 3.76. The first-order valence-electron chi connectivity index (χ1n) is 8.73. The van der Waals surface area contributed by atoms with Crippen LogP contribution in [0, 0.1) is 5.92 Å². The number of rotatable bonds is 5. The standard InChI is InChI=1S/C19H27N/c1-4-14(5-1)15-6-2-7-16(12-15)19-9-3-8-17(19)13-20-18-10-11-18/h2,6-7,12,14,17-20H,1,3-5,8-11,13H2. The van der Waals surface area contributed by atoms with Crippen molar-refractivity contribution in [3.05, 3.63) is 35.4 Å². The molecular formula is C19H27N. The molecule has 2 unspecified atom stereocenters. The Morgan fingerprint density at radius 2 is 1.70 bits per heavy atom. The normalized spacial score (nSPS) is 30.4. The summed E-state index contributed by atoms with van der Waals surface area (Å²) in [5.74, 6) is 2.58. The topological polar surface area (TPSA) is 12.0 Å². The van der Waals surface area contributed by atoms with Gasteiger partial charge in [0.1, 0.15) is 0 Å². The Morgan fingerprint density at radius 1 is 0.900 bits per heavy atom. The quantitative estimate of drug-likeness (QED) is 0.824. The molecule has 0 bridgehead atoms. The Balaban J connectivity index is 1.46. The lowest BCUT2D eigenvalue weighted by Gasteiger charge is -2.27. The van der Waals surface area contributed by atoms with E-state index in [4.69, 9.17) is 0 Å². The van der Waals surface area contributed by atoms with Crippen LogP contribution >= 0.6 is 0 Å². The molecule has 3 saturated carbocycles. The summed E-state index contributed by atoms with van der Waals surface area (Å²) in [6, 6.07) is 10.5. The molecule has 3 aliphatic carbocycles. The molecule has 0 radical (unpaired) electrons. The first-order valence-corrected chi connectivity index (χ1v) is 8.73. The van der Waals surface area contributed by atoms with Gasteiger partial charge in [0.25, 0.3) is 0 Å². The van der Waals surface area contributed by atoms with Crippen molar-refractivity contribution in [2.75, 3.05) is 6.54 Å². The van der Waals surface area contributed by atoms with Gasteiger partial charge in [-0.3, -0.25) is 0 Å². The Morgan fingerprint density at radius 3 is 2.45 bits per heavy atom. The van der Waals surface area contributed by atoms with E-state index in [-0.39, 0.29) is 0 Å².